The van der Waals surface area contributed by atoms with Gasteiger partial charge in [0.05, 0.1) is 7.11 Å². The first-order valence-electron chi connectivity index (χ1n) is 6.42. The van der Waals surface area contributed by atoms with E-state index in [2.05, 4.69) is 61.5 Å². The van der Waals surface area contributed by atoms with Gasteiger partial charge < -0.3 is 4.74 Å². The first-order chi connectivity index (χ1) is 9.28. The highest BCUT2D eigenvalue weighted by Gasteiger charge is 2.04. The van der Waals surface area contributed by atoms with Gasteiger partial charge in [0.2, 0.25) is 0 Å². The lowest BCUT2D eigenvalue weighted by atomic mass is 9.97. The standard InChI is InChI=1S/C18H16O/c1-13-6-8-14(9-7-13)17-5-3-4-15-12-16(19-2)10-11-18(15)17/h3-12H,1-2H3. The Balaban J connectivity index is 2.21. The van der Waals surface area contributed by atoms with Crippen molar-refractivity contribution in [3.63, 3.8) is 0 Å². The lowest BCUT2D eigenvalue weighted by Gasteiger charge is -2.08. The molecule has 0 bridgehead atoms. The Labute approximate surface area is 113 Å². The molecule has 0 aliphatic heterocycles. The number of hydrogen-bond donors (Lipinski definition) is 0. The minimum atomic E-state index is 0.897. The van der Waals surface area contributed by atoms with E-state index >= 15 is 0 Å². The van der Waals surface area contributed by atoms with Crippen molar-refractivity contribution >= 4 is 10.8 Å². The molecule has 0 saturated carbocycles. The van der Waals surface area contributed by atoms with Gasteiger partial charge in [-0.1, -0.05) is 54.1 Å². The van der Waals surface area contributed by atoms with Crippen molar-refractivity contribution in [3.8, 4) is 16.9 Å². The quantitative estimate of drug-likeness (QED) is 0.631. The molecule has 19 heavy (non-hydrogen) atoms. The Morgan fingerprint density at radius 2 is 1.63 bits per heavy atom. The fraction of sp³-hybridized carbons (Fsp3) is 0.111. The third kappa shape index (κ3) is 2.19. The van der Waals surface area contributed by atoms with Gasteiger partial charge in [-0.25, -0.2) is 0 Å². The molecule has 0 unspecified atom stereocenters. The van der Waals surface area contributed by atoms with Crippen LogP contribution in [0.5, 0.6) is 5.75 Å². The van der Waals surface area contributed by atoms with Crippen molar-refractivity contribution in [1.82, 2.24) is 0 Å². The SMILES string of the molecule is COc1ccc2c(-c3ccc(C)cc3)cccc2c1. The maximum atomic E-state index is 5.28. The first kappa shape index (κ1) is 11.8. The molecule has 0 amide bonds. The topological polar surface area (TPSA) is 9.23 Å². The van der Waals surface area contributed by atoms with Gasteiger partial charge in [-0.3, -0.25) is 0 Å². The van der Waals surface area contributed by atoms with Crippen molar-refractivity contribution in [1.29, 1.82) is 0 Å². The van der Waals surface area contributed by atoms with Crippen molar-refractivity contribution in [3.05, 3.63) is 66.2 Å². The van der Waals surface area contributed by atoms with E-state index in [1.54, 1.807) is 7.11 Å². The Kier molecular flexibility index (Phi) is 2.96. The van der Waals surface area contributed by atoms with Crippen LogP contribution in [-0.2, 0) is 0 Å². The molecule has 0 spiro atoms. The van der Waals surface area contributed by atoms with Gasteiger partial charge in [0.25, 0.3) is 0 Å². The maximum Gasteiger partial charge on any atom is 0.119 e. The number of benzene rings is 3. The molecule has 3 aromatic carbocycles. The fourth-order valence-electron chi connectivity index (χ4n) is 2.37. The van der Waals surface area contributed by atoms with Crippen LogP contribution in [0.15, 0.2) is 60.7 Å². The largest absolute Gasteiger partial charge is 0.497 e. The van der Waals surface area contributed by atoms with E-state index in [1.165, 1.54) is 27.5 Å². The van der Waals surface area contributed by atoms with Crippen LogP contribution in [0.1, 0.15) is 5.56 Å². The monoisotopic (exact) mass is 248 g/mol. The minimum absolute atomic E-state index is 0.897. The fourth-order valence-corrected chi connectivity index (χ4v) is 2.37. The van der Waals surface area contributed by atoms with Crippen LogP contribution in [0, 0.1) is 6.92 Å². The zero-order valence-corrected chi connectivity index (χ0v) is 11.2. The third-order valence-electron chi connectivity index (χ3n) is 3.45. The van der Waals surface area contributed by atoms with Crippen LogP contribution < -0.4 is 4.74 Å². The molecule has 94 valence electrons. The molecule has 0 aliphatic carbocycles. The van der Waals surface area contributed by atoms with Crippen LogP contribution in [0.4, 0.5) is 0 Å². The van der Waals surface area contributed by atoms with Crippen molar-refractivity contribution < 1.29 is 4.74 Å². The summed E-state index contributed by atoms with van der Waals surface area (Å²) in [6, 6.07) is 21.3. The zero-order chi connectivity index (χ0) is 13.2. The molecule has 3 rings (SSSR count). The first-order valence-corrected chi connectivity index (χ1v) is 6.42. The van der Waals surface area contributed by atoms with Gasteiger partial charge in [0.1, 0.15) is 5.75 Å². The number of fused-ring (bicyclic) bond motifs is 1. The number of aryl methyl sites for hydroxylation is 1. The average molecular weight is 248 g/mol. The summed E-state index contributed by atoms with van der Waals surface area (Å²) in [6.45, 7) is 2.11. The van der Waals surface area contributed by atoms with Crippen molar-refractivity contribution in [2.75, 3.05) is 7.11 Å². The molecule has 0 aromatic heterocycles. The van der Waals surface area contributed by atoms with Gasteiger partial charge >= 0.3 is 0 Å². The number of methoxy groups -OCH3 is 1. The van der Waals surface area contributed by atoms with E-state index in [9.17, 15) is 0 Å². The number of hydrogen-bond acceptors (Lipinski definition) is 1. The summed E-state index contributed by atoms with van der Waals surface area (Å²) in [5.74, 6) is 0.897. The van der Waals surface area contributed by atoms with E-state index in [0.29, 0.717) is 0 Å². The summed E-state index contributed by atoms with van der Waals surface area (Å²) in [5.41, 5.74) is 3.80. The predicted molar refractivity (Wildman–Crippen MR) is 80.7 cm³/mol. The van der Waals surface area contributed by atoms with Crippen molar-refractivity contribution in [2.24, 2.45) is 0 Å². The Bertz CT molecular complexity index is 711. The summed E-state index contributed by atoms with van der Waals surface area (Å²) >= 11 is 0. The molecule has 0 heterocycles. The summed E-state index contributed by atoms with van der Waals surface area (Å²) in [5, 5.41) is 2.46. The molecule has 3 aromatic rings. The smallest absolute Gasteiger partial charge is 0.119 e. The van der Waals surface area contributed by atoms with Gasteiger partial charge in [0.15, 0.2) is 0 Å². The lowest BCUT2D eigenvalue weighted by Crippen LogP contribution is -1.85. The van der Waals surface area contributed by atoms with Gasteiger partial charge in [-0.2, -0.15) is 0 Å². The normalized spacial score (nSPS) is 10.6. The molecular weight excluding hydrogens is 232 g/mol. The second kappa shape index (κ2) is 4.77. The molecular formula is C18H16O. The highest BCUT2D eigenvalue weighted by molar-refractivity contribution is 5.97. The summed E-state index contributed by atoms with van der Waals surface area (Å²) in [4.78, 5) is 0. The van der Waals surface area contributed by atoms with E-state index < -0.39 is 0 Å². The van der Waals surface area contributed by atoms with Gasteiger partial charge in [-0.15, -0.1) is 0 Å². The molecule has 1 nitrogen and oxygen atoms in total. The van der Waals surface area contributed by atoms with Crippen LogP contribution in [0.2, 0.25) is 0 Å². The molecule has 1 heteroatoms. The third-order valence-corrected chi connectivity index (χ3v) is 3.45. The van der Waals surface area contributed by atoms with Crippen LogP contribution in [0.3, 0.4) is 0 Å². The lowest BCUT2D eigenvalue weighted by molar-refractivity contribution is 0.415. The molecule has 0 fully saturated rings. The Morgan fingerprint density at radius 3 is 2.37 bits per heavy atom. The number of rotatable bonds is 2. The van der Waals surface area contributed by atoms with Crippen LogP contribution in [-0.4, -0.2) is 7.11 Å². The second-order valence-electron chi connectivity index (χ2n) is 4.76. The van der Waals surface area contributed by atoms with E-state index in [-0.39, 0.29) is 0 Å². The van der Waals surface area contributed by atoms with Gasteiger partial charge in [-0.05, 0) is 41.0 Å². The predicted octanol–water partition coefficient (Wildman–Crippen LogP) is 4.82. The molecule has 0 saturated heterocycles. The Morgan fingerprint density at radius 1 is 0.842 bits per heavy atom. The van der Waals surface area contributed by atoms with E-state index in [1.807, 2.05) is 6.07 Å². The van der Waals surface area contributed by atoms with Crippen LogP contribution >= 0.6 is 0 Å². The minimum Gasteiger partial charge on any atom is -0.497 e. The molecule has 0 radical (unpaired) electrons. The van der Waals surface area contributed by atoms with E-state index in [0.717, 1.165) is 5.75 Å². The van der Waals surface area contributed by atoms with Gasteiger partial charge in [0, 0.05) is 0 Å². The average Bonchev–Trinajstić information content (AvgIpc) is 2.47. The number of ether oxygens (including phenoxy) is 1. The highest BCUT2D eigenvalue weighted by Crippen LogP contribution is 2.30. The second-order valence-corrected chi connectivity index (χ2v) is 4.76. The highest BCUT2D eigenvalue weighted by atomic mass is 16.5. The van der Waals surface area contributed by atoms with Crippen molar-refractivity contribution in [2.45, 2.75) is 6.92 Å². The van der Waals surface area contributed by atoms with E-state index in [4.69, 9.17) is 4.74 Å². The zero-order valence-electron chi connectivity index (χ0n) is 11.2. The molecule has 0 aliphatic rings. The summed E-state index contributed by atoms with van der Waals surface area (Å²) < 4.78 is 5.28. The molecule has 0 atom stereocenters. The summed E-state index contributed by atoms with van der Waals surface area (Å²) in [7, 11) is 1.70. The van der Waals surface area contributed by atoms with Crippen LogP contribution in [0.25, 0.3) is 21.9 Å². The molecule has 0 N–H and O–H groups in total. The maximum absolute atomic E-state index is 5.28. The Hall–Kier alpha value is -2.28. The summed E-state index contributed by atoms with van der Waals surface area (Å²) in [6.07, 6.45) is 0.